The highest BCUT2D eigenvalue weighted by Crippen LogP contribution is 2.67. The van der Waals surface area contributed by atoms with E-state index >= 15 is 0 Å². The van der Waals surface area contributed by atoms with Crippen LogP contribution in [0.25, 0.3) is 55.3 Å². The molecule has 0 saturated heterocycles. The molecule has 3 aliphatic rings. The van der Waals surface area contributed by atoms with E-state index in [9.17, 15) is 13.2 Å². The van der Waals surface area contributed by atoms with Gasteiger partial charge in [0.1, 0.15) is 0 Å². The smallest absolute Gasteiger partial charge is 0.310 e. The minimum atomic E-state index is -4.46. The Morgan fingerprint density at radius 2 is 0.797 bits per heavy atom. The van der Waals surface area contributed by atoms with Crippen molar-refractivity contribution in [3.05, 3.63) is 240 Å². The van der Waals surface area contributed by atoms with Gasteiger partial charge in [0.15, 0.2) is 0 Å². The molecule has 10 aromatic carbocycles. The SMILES string of the molecule is Cc1ccc(N(c2ccc([Si](C)(C)C)cc2)c2ccc3c(c2)C2(c4cc(N(c5ccc(C(F)(F)F)cc5)c5ccc([Si](C)(C)C)cc5)ccc4-3)c3ccccc3-c3c2cc2c4c(cccc34)-c3ccccc3-2)cc1. The van der Waals surface area contributed by atoms with Crippen molar-refractivity contribution < 1.29 is 13.2 Å². The predicted octanol–water partition coefficient (Wildman–Crippen LogP) is 18.2. The van der Waals surface area contributed by atoms with E-state index < -0.39 is 33.3 Å². The lowest BCUT2D eigenvalue weighted by Crippen LogP contribution is -2.37. The summed E-state index contributed by atoms with van der Waals surface area (Å²) in [6.07, 6.45) is -4.46. The second-order valence-electron chi connectivity index (χ2n) is 22.5. The van der Waals surface area contributed by atoms with Crippen molar-refractivity contribution in [1.29, 1.82) is 0 Å². The van der Waals surface area contributed by atoms with E-state index in [1.165, 1.54) is 88.9 Å². The first-order valence-corrected chi connectivity index (χ1v) is 32.6. The Morgan fingerprint density at radius 3 is 1.30 bits per heavy atom. The highest BCUT2D eigenvalue weighted by Gasteiger charge is 2.53. The minimum Gasteiger partial charge on any atom is -0.310 e. The lowest BCUT2D eigenvalue weighted by Gasteiger charge is -2.34. The number of benzene rings is 10. The standard InChI is InChI=1S/C67H55F3N2Si2/c1-42-19-23-44(24-20-42)71(46-27-33-50(34-28-46)73(2,3)4)48-31-37-54-55-38-32-49(72(45-25-21-43(22-26-45)67(68,69)70)47-29-35-51(36-30-47)74(5,6)7)40-62(55)66(61(54)39-48)60-18-11-10-15-57(60)65-58-17-12-16-56-52-13-8-9-14-53(52)59(64(56)58)41-63(65)66/h8-41H,1-7H3. The monoisotopic (exact) mass is 1000 g/mol. The van der Waals surface area contributed by atoms with Gasteiger partial charge in [-0.2, -0.15) is 13.2 Å². The van der Waals surface area contributed by atoms with E-state index in [1.807, 2.05) is 0 Å². The van der Waals surface area contributed by atoms with E-state index in [2.05, 4.69) is 238 Å². The first kappa shape index (κ1) is 46.1. The summed E-state index contributed by atoms with van der Waals surface area (Å²) in [5.74, 6) is 0. The van der Waals surface area contributed by atoms with Gasteiger partial charge in [-0.1, -0.05) is 170 Å². The third-order valence-electron chi connectivity index (χ3n) is 16.0. The van der Waals surface area contributed by atoms with E-state index in [0.717, 1.165) is 45.1 Å². The molecule has 1 unspecified atom stereocenters. The van der Waals surface area contributed by atoms with Gasteiger partial charge in [-0.05, 0) is 175 Å². The number of anilines is 6. The first-order chi connectivity index (χ1) is 35.5. The summed E-state index contributed by atoms with van der Waals surface area (Å²) in [6, 6.07) is 73.2. The molecule has 0 aliphatic heterocycles. The molecule has 362 valence electrons. The van der Waals surface area contributed by atoms with Crippen molar-refractivity contribution in [1.82, 2.24) is 0 Å². The van der Waals surface area contributed by atoms with E-state index in [1.54, 1.807) is 12.1 Å². The Bertz CT molecular complexity index is 3850. The Labute approximate surface area is 434 Å². The minimum absolute atomic E-state index is 0.648. The van der Waals surface area contributed by atoms with Crippen LogP contribution in [-0.4, -0.2) is 16.1 Å². The lowest BCUT2D eigenvalue weighted by atomic mass is 9.70. The molecule has 0 fully saturated rings. The second kappa shape index (κ2) is 16.4. The Balaban J connectivity index is 1.11. The van der Waals surface area contributed by atoms with Crippen LogP contribution in [0.5, 0.6) is 0 Å². The molecule has 7 heteroatoms. The molecule has 10 aromatic rings. The zero-order chi connectivity index (χ0) is 51.1. The molecule has 3 aliphatic carbocycles. The molecule has 74 heavy (non-hydrogen) atoms. The quantitative estimate of drug-likeness (QED) is 0.140. The van der Waals surface area contributed by atoms with Crippen molar-refractivity contribution in [3.63, 3.8) is 0 Å². The van der Waals surface area contributed by atoms with E-state index in [-0.39, 0.29) is 0 Å². The fraction of sp³-hybridized carbons (Fsp3) is 0.134. The highest BCUT2D eigenvalue weighted by molar-refractivity contribution is 6.89. The predicted molar refractivity (Wildman–Crippen MR) is 310 cm³/mol. The average Bonchev–Trinajstić information content (AvgIpc) is 3.99. The number of hydrogen-bond acceptors (Lipinski definition) is 2. The number of rotatable bonds is 8. The maximum Gasteiger partial charge on any atom is 0.416 e. The number of nitrogens with zero attached hydrogens (tertiary/aromatic N) is 2. The third-order valence-corrected chi connectivity index (χ3v) is 20.2. The second-order valence-corrected chi connectivity index (χ2v) is 32.7. The van der Waals surface area contributed by atoms with Gasteiger partial charge in [-0.3, -0.25) is 0 Å². The van der Waals surface area contributed by atoms with Gasteiger partial charge in [-0.25, -0.2) is 0 Å². The van der Waals surface area contributed by atoms with Crippen molar-refractivity contribution in [2.45, 2.75) is 57.8 Å². The molecule has 0 radical (unpaired) electrons. The molecule has 0 bridgehead atoms. The molecule has 0 heterocycles. The summed E-state index contributed by atoms with van der Waals surface area (Å²) >= 11 is 0. The average molecular weight is 1000 g/mol. The molecule has 1 spiro atoms. The largest absolute Gasteiger partial charge is 0.416 e. The van der Waals surface area contributed by atoms with Crippen LogP contribution in [0.1, 0.15) is 33.4 Å². The summed E-state index contributed by atoms with van der Waals surface area (Å²) in [4.78, 5) is 4.53. The van der Waals surface area contributed by atoms with E-state index in [4.69, 9.17) is 0 Å². The molecule has 2 nitrogen and oxygen atoms in total. The van der Waals surface area contributed by atoms with Gasteiger partial charge in [0, 0.05) is 34.1 Å². The molecule has 13 rings (SSSR count). The summed E-state index contributed by atoms with van der Waals surface area (Å²) < 4.78 is 42.6. The van der Waals surface area contributed by atoms with Crippen LogP contribution < -0.4 is 20.2 Å². The van der Waals surface area contributed by atoms with Gasteiger partial charge < -0.3 is 9.80 Å². The number of fused-ring (bicyclic) bond motifs is 14. The van der Waals surface area contributed by atoms with Gasteiger partial charge in [0.25, 0.3) is 0 Å². The number of aryl methyl sites for hydroxylation is 1. The first-order valence-electron chi connectivity index (χ1n) is 25.6. The lowest BCUT2D eigenvalue weighted by molar-refractivity contribution is -0.137. The highest BCUT2D eigenvalue weighted by atomic mass is 28.3. The molecular formula is C67H55F3N2Si2. The Morgan fingerprint density at radius 1 is 0.365 bits per heavy atom. The molecule has 0 saturated carbocycles. The van der Waals surface area contributed by atoms with Crippen molar-refractivity contribution in [2.24, 2.45) is 0 Å². The van der Waals surface area contributed by atoms with Crippen LogP contribution in [0.15, 0.2) is 206 Å². The molecule has 1 atom stereocenters. The fourth-order valence-electron chi connectivity index (χ4n) is 12.4. The van der Waals surface area contributed by atoms with Crippen molar-refractivity contribution in [2.75, 3.05) is 9.80 Å². The van der Waals surface area contributed by atoms with Gasteiger partial charge in [-0.15, -0.1) is 0 Å². The zero-order valence-corrected chi connectivity index (χ0v) is 44.7. The summed E-state index contributed by atoms with van der Waals surface area (Å²) in [7, 11) is -3.26. The van der Waals surface area contributed by atoms with Gasteiger partial charge in [0.05, 0.1) is 27.1 Å². The van der Waals surface area contributed by atoms with Crippen LogP contribution in [-0.2, 0) is 11.6 Å². The van der Waals surface area contributed by atoms with Crippen molar-refractivity contribution >= 4 is 71.4 Å². The summed E-state index contributed by atoms with van der Waals surface area (Å²) in [5.41, 5.74) is 19.8. The van der Waals surface area contributed by atoms with E-state index in [0.29, 0.717) is 5.69 Å². The Kier molecular flexibility index (Phi) is 10.2. The number of alkyl halides is 3. The summed E-state index contributed by atoms with van der Waals surface area (Å²) in [6.45, 7) is 16.3. The topological polar surface area (TPSA) is 6.48 Å². The zero-order valence-electron chi connectivity index (χ0n) is 42.7. The molecular weight excluding hydrogens is 946 g/mol. The van der Waals surface area contributed by atoms with Crippen LogP contribution >= 0.6 is 0 Å². The molecule has 0 N–H and O–H groups in total. The molecule has 0 amide bonds. The normalized spacial score (nSPS) is 14.9. The third kappa shape index (κ3) is 6.96. The maximum atomic E-state index is 14.2. The van der Waals surface area contributed by atoms with Crippen molar-refractivity contribution in [3.8, 4) is 44.5 Å². The van der Waals surface area contributed by atoms with Gasteiger partial charge in [0.2, 0.25) is 0 Å². The van der Waals surface area contributed by atoms with Crippen LogP contribution in [0.2, 0.25) is 39.3 Å². The van der Waals surface area contributed by atoms with Crippen LogP contribution in [0, 0.1) is 6.92 Å². The van der Waals surface area contributed by atoms with Crippen LogP contribution in [0.3, 0.4) is 0 Å². The summed E-state index contributed by atoms with van der Waals surface area (Å²) in [5, 5.41) is 5.23. The maximum absolute atomic E-state index is 14.2. The molecule has 0 aromatic heterocycles. The van der Waals surface area contributed by atoms with Crippen LogP contribution in [0.4, 0.5) is 47.3 Å². The number of hydrogen-bond donors (Lipinski definition) is 0. The number of halogens is 3. The fourth-order valence-corrected chi connectivity index (χ4v) is 14.7. The Hall–Kier alpha value is -7.72. The van der Waals surface area contributed by atoms with Gasteiger partial charge >= 0.3 is 6.18 Å².